The molecule has 2 N–H and O–H groups in total. The van der Waals surface area contributed by atoms with Crippen LogP contribution in [-0.2, 0) is 21.4 Å². The van der Waals surface area contributed by atoms with Gasteiger partial charge in [0.05, 0.1) is 24.6 Å². The summed E-state index contributed by atoms with van der Waals surface area (Å²) in [4.78, 5) is 26.6. The fraction of sp³-hybridized carbons (Fsp3) is 0.364. The van der Waals surface area contributed by atoms with Crippen LogP contribution in [0.1, 0.15) is 18.4 Å². The second kappa shape index (κ2) is 9.28. The highest BCUT2D eigenvalue weighted by Crippen LogP contribution is 2.27. The number of amides is 1. The van der Waals surface area contributed by atoms with Crippen molar-refractivity contribution in [1.82, 2.24) is 14.6 Å². The molecule has 1 amide bonds. The third-order valence-corrected chi connectivity index (χ3v) is 7.69. The lowest BCUT2D eigenvalue weighted by molar-refractivity contribution is -0.126. The quantitative estimate of drug-likeness (QED) is 0.533. The minimum Gasteiger partial charge on any atom is -0.497 e. The highest BCUT2D eigenvalue weighted by Gasteiger charge is 2.32. The Hall–Kier alpha value is -3.31. The number of aromatic amines is 1. The molecule has 10 nitrogen and oxygen atoms in total. The van der Waals surface area contributed by atoms with Crippen molar-refractivity contribution in [3.05, 3.63) is 52.5 Å². The van der Waals surface area contributed by atoms with Crippen LogP contribution in [0.15, 0.2) is 50.5 Å². The Labute approximate surface area is 190 Å². The SMILES string of the molecule is COc1ccc(OC)c(CNC(=O)C2CCN(S(=O)(=O)c3ccc4[nH]c(=O)oc4c3)CC2)c1. The van der Waals surface area contributed by atoms with Gasteiger partial charge in [-0.3, -0.25) is 9.78 Å². The van der Waals surface area contributed by atoms with E-state index in [2.05, 4.69) is 10.3 Å². The zero-order chi connectivity index (χ0) is 23.6. The summed E-state index contributed by atoms with van der Waals surface area (Å²) in [5.41, 5.74) is 1.40. The molecule has 0 unspecified atom stereocenters. The second-order valence-corrected chi connectivity index (χ2v) is 9.68. The van der Waals surface area contributed by atoms with Crippen molar-refractivity contribution in [1.29, 1.82) is 0 Å². The first-order valence-corrected chi connectivity index (χ1v) is 11.9. The number of nitrogens with zero attached hydrogens (tertiary/aromatic N) is 1. The lowest BCUT2D eigenvalue weighted by Gasteiger charge is -2.30. The zero-order valence-electron chi connectivity index (χ0n) is 18.3. The number of carbonyl (C=O) groups excluding carboxylic acids is 1. The molecule has 1 saturated heterocycles. The van der Waals surface area contributed by atoms with E-state index in [1.807, 2.05) is 0 Å². The van der Waals surface area contributed by atoms with Crippen LogP contribution in [0.5, 0.6) is 11.5 Å². The average molecular weight is 476 g/mol. The van der Waals surface area contributed by atoms with Gasteiger partial charge in [0.15, 0.2) is 5.58 Å². The standard InChI is InChI=1S/C22H25N3O7S/c1-30-16-3-6-19(31-2)15(11-16)13-23-21(26)14-7-9-25(10-8-14)33(28,29)17-4-5-18-20(12-17)32-22(27)24-18/h3-6,11-12,14H,7-10,13H2,1-2H3,(H,23,26)(H,24,27). The van der Waals surface area contributed by atoms with Gasteiger partial charge in [-0.05, 0) is 43.2 Å². The summed E-state index contributed by atoms with van der Waals surface area (Å²) in [5, 5.41) is 2.91. The molecule has 11 heteroatoms. The van der Waals surface area contributed by atoms with Crippen molar-refractivity contribution in [3.8, 4) is 11.5 Å². The number of carbonyl (C=O) groups is 1. The number of hydrogen-bond donors (Lipinski definition) is 2. The largest absolute Gasteiger partial charge is 0.497 e. The minimum atomic E-state index is -3.77. The van der Waals surface area contributed by atoms with Crippen LogP contribution < -0.4 is 20.5 Å². The molecule has 2 heterocycles. The predicted octanol–water partition coefficient (Wildman–Crippen LogP) is 1.86. The van der Waals surface area contributed by atoms with Crippen molar-refractivity contribution in [3.63, 3.8) is 0 Å². The van der Waals surface area contributed by atoms with Crippen molar-refractivity contribution in [2.24, 2.45) is 5.92 Å². The number of hydrogen-bond acceptors (Lipinski definition) is 7. The fourth-order valence-corrected chi connectivity index (χ4v) is 5.43. The number of oxazole rings is 1. The Morgan fingerprint density at radius 1 is 1.15 bits per heavy atom. The smallest absolute Gasteiger partial charge is 0.417 e. The Bertz CT molecular complexity index is 1320. The minimum absolute atomic E-state index is 0.0470. The van der Waals surface area contributed by atoms with Crippen LogP contribution in [0.2, 0.25) is 0 Å². The molecule has 0 atom stereocenters. The molecule has 1 aliphatic heterocycles. The lowest BCUT2D eigenvalue weighted by Crippen LogP contribution is -2.42. The second-order valence-electron chi connectivity index (χ2n) is 7.75. The molecule has 0 aliphatic carbocycles. The molecule has 0 bridgehead atoms. The van der Waals surface area contributed by atoms with Gasteiger partial charge in [0.1, 0.15) is 11.5 Å². The van der Waals surface area contributed by atoms with Gasteiger partial charge in [-0.25, -0.2) is 13.2 Å². The molecule has 33 heavy (non-hydrogen) atoms. The molecule has 4 rings (SSSR count). The molecule has 0 radical (unpaired) electrons. The average Bonchev–Trinajstić information content (AvgIpc) is 3.21. The zero-order valence-corrected chi connectivity index (χ0v) is 19.1. The van der Waals surface area contributed by atoms with Crippen molar-refractivity contribution in [2.45, 2.75) is 24.3 Å². The van der Waals surface area contributed by atoms with Gasteiger partial charge in [0.2, 0.25) is 15.9 Å². The van der Waals surface area contributed by atoms with E-state index in [1.165, 1.54) is 22.5 Å². The maximum atomic E-state index is 13.0. The first-order chi connectivity index (χ1) is 15.8. The Morgan fingerprint density at radius 3 is 2.61 bits per heavy atom. The molecule has 0 spiro atoms. The van der Waals surface area contributed by atoms with Crippen molar-refractivity contribution in [2.75, 3.05) is 27.3 Å². The number of ether oxygens (including phenoxy) is 2. The predicted molar refractivity (Wildman–Crippen MR) is 120 cm³/mol. The van der Waals surface area contributed by atoms with E-state index in [-0.39, 0.29) is 41.9 Å². The molecule has 1 fully saturated rings. The van der Waals surface area contributed by atoms with E-state index >= 15 is 0 Å². The van der Waals surface area contributed by atoms with Gasteiger partial charge in [-0.15, -0.1) is 0 Å². The van der Waals surface area contributed by atoms with Crippen LogP contribution in [0.3, 0.4) is 0 Å². The third kappa shape index (κ3) is 4.74. The first-order valence-electron chi connectivity index (χ1n) is 10.4. The number of methoxy groups -OCH3 is 2. The molecule has 1 aliphatic rings. The Balaban J connectivity index is 1.38. The van der Waals surface area contributed by atoms with Crippen LogP contribution in [0.4, 0.5) is 0 Å². The Morgan fingerprint density at radius 2 is 1.91 bits per heavy atom. The molecular formula is C22H25N3O7S. The van der Waals surface area contributed by atoms with Gasteiger partial charge in [-0.1, -0.05) is 0 Å². The van der Waals surface area contributed by atoms with Gasteiger partial charge in [-0.2, -0.15) is 4.31 Å². The number of rotatable bonds is 7. The third-order valence-electron chi connectivity index (χ3n) is 5.80. The number of piperidine rings is 1. The number of nitrogens with one attached hydrogen (secondary N) is 2. The van der Waals surface area contributed by atoms with Crippen molar-refractivity contribution < 1.29 is 27.1 Å². The maximum absolute atomic E-state index is 13.0. The normalized spacial score (nSPS) is 15.5. The molecular weight excluding hydrogens is 450 g/mol. The van der Waals surface area contributed by atoms with Gasteiger partial charge < -0.3 is 19.2 Å². The summed E-state index contributed by atoms with van der Waals surface area (Å²) in [6.07, 6.45) is 0.809. The highest BCUT2D eigenvalue weighted by molar-refractivity contribution is 7.89. The number of benzene rings is 2. The monoisotopic (exact) mass is 475 g/mol. The highest BCUT2D eigenvalue weighted by atomic mass is 32.2. The summed E-state index contributed by atoms with van der Waals surface area (Å²) in [6.45, 7) is 0.718. The number of fused-ring (bicyclic) bond motifs is 1. The summed E-state index contributed by atoms with van der Waals surface area (Å²) in [7, 11) is -0.642. The summed E-state index contributed by atoms with van der Waals surface area (Å²) < 4.78 is 42.9. The molecule has 1 aromatic heterocycles. The van der Waals surface area contributed by atoms with Crippen molar-refractivity contribution >= 4 is 27.0 Å². The van der Waals surface area contributed by atoms with E-state index < -0.39 is 15.8 Å². The number of H-pyrrole nitrogens is 1. The molecule has 176 valence electrons. The van der Waals surface area contributed by atoms with Crippen LogP contribution in [-0.4, -0.2) is 50.9 Å². The summed E-state index contributed by atoms with van der Waals surface area (Å²) >= 11 is 0. The van der Waals surface area contributed by atoms with E-state index in [9.17, 15) is 18.0 Å². The number of sulfonamides is 1. The topological polar surface area (TPSA) is 131 Å². The summed E-state index contributed by atoms with van der Waals surface area (Å²) in [5.74, 6) is 0.242. The fourth-order valence-electron chi connectivity index (χ4n) is 3.94. The molecule has 2 aromatic carbocycles. The van der Waals surface area contributed by atoms with E-state index in [0.717, 1.165) is 5.56 Å². The molecule has 3 aromatic rings. The number of aromatic nitrogens is 1. The van der Waals surface area contributed by atoms with Gasteiger partial charge in [0.25, 0.3) is 0 Å². The molecule has 0 saturated carbocycles. The van der Waals surface area contributed by atoms with Gasteiger partial charge in [0, 0.05) is 37.2 Å². The van der Waals surface area contributed by atoms with E-state index in [1.54, 1.807) is 32.4 Å². The van der Waals surface area contributed by atoms with E-state index in [0.29, 0.717) is 29.9 Å². The maximum Gasteiger partial charge on any atom is 0.417 e. The lowest BCUT2D eigenvalue weighted by atomic mass is 9.97. The van der Waals surface area contributed by atoms with Gasteiger partial charge >= 0.3 is 5.76 Å². The Kier molecular flexibility index (Phi) is 6.43. The summed E-state index contributed by atoms with van der Waals surface area (Å²) in [6, 6.07) is 9.63. The van der Waals surface area contributed by atoms with E-state index in [4.69, 9.17) is 13.9 Å². The van der Waals surface area contributed by atoms with Crippen LogP contribution in [0.25, 0.3) is 11.1 Å². The van der Waals surface area contributed by atoms with Crippen LogP contribution >= 0.6 is 0 Å². The first kappa shape index (κ1) is 22.9. The van der Waals surface area contributed by atoms with Crippen LogP contribution in [0, 0.1) is 5.92 Å².